The Bertz CT molecular complexity index is 514. The van der Waals surface area contributed by atoms with Crippen LogP contribution < -0.4 is 11.2 Å². The fourth-order valence-corrected chi connectivity index (χ4v) is 2.06. The average molecular weight is 325 g/mol. The molecule has 1 aromatic rings. The van der Waals surface area contributed by atoms with Crippen molar-refractivity contribution in [3.63, 3.8) is 0 Å². The number of alkyl halides is 3. The van der Waals surface area contributed by atoms with E-state index in [1.165, 1.54) is 0 Å². The molecule has 0 fully saturated rings. The number of nitrogen functional groups attached to an aromatic ring is 1. The number of nitrogens with one attached hydrogen (secondary N) is 1. The van der Waals surface area contributed by atoms with Gasteiger partial charge in [0.25, 0.3) is 5.82 Å². The summed E-state index contributed by atoms with van der Waals surface area (Å²) in [6.45, 7) is 7.20. The molecule has 10 heteroatoms. The van der Waals surface area contributed by atoms with Crippen LogP contribution in [0.1, 0.15) is 39.9 Å². The molecule has 0 saturated carbocycles. The van der Waals surface area contributed by atoms with Crippen molar-refractivity contribution in [3.05, 3.63) is 5.82 Å². The van der Waals surface area contributed by atoms with Crippen molar-refractivity contribution in [1.82, 2.24) is 20.2 Å². The summed E-state index contributed by atoms with van der Waals surface area (Å²) in [5, 5.41) is 8.36. The predicted octanol–water partition coefficient (Wildman–Crippen LogP) is 1.80. The molecule has 0 aliphatic rings. The van der Waals surface area contributed by atoms with Crippen molar-refractivity contribution in [2.75, 3.05) is 5.84 Å². The number of carbonyl (C=O) groups is 1. The van der Waals surface area contributed by atoms with Gasteiger partial charge in [-0.2, -0.15) is 13.2 Å². The number of thioether (sulfide) groups is 1. The quantitative estimate of drug-likeness (QED) is 0.637. The summed E-state index contributed by atoms with van der Waals surface area (Å²) in [6.07, 6.45) is -3.96. The highest BCUT2D eigenvalue weighted by Gasteiger charge is 2.38. The minimum Gasteiger partial charge on any atom is -0.350 e. The van der Waals surface area contributed by atoms with Crippen molar-refractivity contribution in [2.24, 2.45) is 0 Å². The van der Waals surface area contributed by atoms with Crippen LogP contribution in [0.25, 0.3) is 0 Å². The third-order valence-corrected chi connectivity index (χ3v) is 3.97. The van der Waals surface area contributed by atoms with Gasteiger partial charge in [0.15, 0.2) is 0 Å². The number of amides is 1. The second-order valence-electron chi connectivity index (χ2n) is 5.16. The van der Waals surface area contributed by atoms with Gasteiger partial charge in [-0.1, -0.05) is 18.7 Å². The molecule has 1 aromatic heterocycles. The van der Waals surface area contributed by atoms with Gasteiger partial charge in [-0.25, -0.2) is 4.68 Å². The van der Waals surface area contributed by atoms with Crippen LogP contribution in [0, 0.1) is 0 Å². The van der Waals surface area contributed by atoms with Crippen LogP contribution >= 0.6 is 11.8 Å². The van der Waals surface area contributed by atoms with E-state index < -0.39 is 17.3 Å². The van der Waals surface area contributed by atoms with Crippen LogP contribution in [-0.4, -0.2) is 31.6 Å². The zero-order chi connectivity index (χ0) is 16.4. The summed E-state index contributed by atoms with van der Waals surface area (Å²) in [4.78, 5) is 12.0. The molecule has 0 aromatic carbocycles. The van der Waals surface area contributed by atoms with Crippen molar-refractivity contribution in [1.29, 1.82) is 0 Å². The van der Waals surface area contributed by atoms with E-state index in [0.717, 1.165) is 18.2 Å². The van der Waals surface area contributed by atoms with Gasteiger partial charge in [-0.05, 0) is 27.2 Å². The Hall–Kier alpha value is -1.45. The molecule has 1 unspecified atom stereocenters. The lowest BCUT2D eigenvalue weighted by atomic mass is 10.0. The Balaban J connectivity index is 2.78. The molecule has 0 aliphatic carbocycles. The Labute approximate surface area is 124 Å². The first-order valence-electron chi connectivity index (χ1n) is 6.24. The van der Waals surface area contributed by atoms with E-state index in [1.807, 2.05) is 20.8 Å². The smallest absolute Gasteiger partial charge is 0.350 e. The van der Waals surface area contributed by atoms with Gasteiger partial charge in [0, 0.05) is 5.54 Å². The first-order valence-corrected chi connectivity index (χ1v) is 7.12. The van der Waals surface area contributed by atoms with E-state index >= 15 is 0 Å². The number of nitrogens with two attached hydrogens (primary N) is 1. The molecule has 0 spiro atoms. The minimum absolute atomic E-state index is 0.167. The molecule has 3 N–H and O–H groups in total. The molecule has 0 saturated heterocycles. The fourth-order valence-electron chi connectivity index (χ4n) is 1.29. The molecule has 1 heterocycles. The van der Waals surface area contributed by atoms with Gasteiger partial charge in [-0.15, -0.1) is 10.2 Å². The monoisotopic (exact) mass is 325 g/mol. The SMILES string of the molecule is CCC(C)(C)NC(=O)C(C)Sc1nnc(C(F)(F)F)n1N. The van der Waals surface area contributed by atoms with Crippen LogP contribution in [0.3, 0.4) is 0 Å². The molecule has 21 heavy (non-hydrogen) atoms. The first-order chi connectivity index (χ1) is 9.48. The van der Waals surface area contributed by atoms with E-state index in [2.05, 4.69) is 15.5 Å². The zero-order valence-corrected chi connectivity index (χ0v) is 13.0. The van der Waals surface area contributed by atoms with Gasteiger partial charge in [-0.3, -0.25) is 4.79 Å². The lowest BCUT2D eigenvalue weighted by molar-refractivity contribution is -0.146. The normalized spacial score (nSPS) is 14.0. The van der Waals surface area contributed by atoms with E-state index in [9.17, 15) is 18.0 Å². The largest absolute Gasteiger partial charge is 0.453 e. The van der Waals surface area contributed by atoms with Gasteiger partial charge < -0.3 is 11.2 Å². The first kappa shape index (κ1) is 17.6. The molecule has 1 amide bonds. The van der Waals surface area contributed by atoms with Crippen LogP contribution in [0.2, 0.25) is 0 Å². The summed E-state index contributed by atoms with van der Waals surface area (Å²) in [5.41, 5.74) is -0.389. The zero-order valence-electron chi connectivity index (χ0n) is 12.2. The topological polar surface area (TPSA) is 85.8 Å². The molecular formula is C11H18F3N5OS. The van der Waals surface area contributed by atoms with Gasteiger partial charge >= 0.3 is 6.18 Å². The standard InChI is InChI=1S/C11H18F3N5OS/c1-5-10(3,4)16-7(20)6(2)21-9-18-17-8(19(9)15)11(12,13)14/h6H,5,15H2,1-4H3,(H,16,20). The maximum atomic E-state index is 12.5. The Morgan fingerprint density at radius 1 is 1.43 bits per heavy atom. The minimum atomic E-state index is -4.68. The maximum absolute atomic E-state index is 12.5. The van der Waals surface area contributed by atoms with Crippen LogP contribution in [0.15, 0.2) is 5.16 Å². The van der Waals surface area contributed by atoms with Crippen molar-refractivity contribution in [3.8, 4) is 0 Å². The van der Waals surface area contributed by atoms with E-state index in [1.54, 1.807) is 6.92 Å². The van der Waals surface area contributed by atoms with Crippen molar-refractivity contribution < 1.29 is 18.0 Å². The number of nitrogens with zero attached hydrogens (tertiary/aromatic N) is 3. The molecular weight excluding hydrogens is 307 g/mol. The van der Waals surface area contributed by atoms with Crippen molar-refractivity contribution in [2.45, 2.75) is 56.2 Å². The van der Waals surface area contributed by atoms with Gasteiger partial charge in [0.2, 0.25) is 11.1 Å². The summed E-state index contributed by atoms with van der Waals surface area (Å²) >= 11 is 0.819. The highest BCUT2D eigenvalue weighted by atomic mass is 32.2. The Kier molecular flexibility index (Phi) is 5.13. The van der Waals surface area contributed by atoms with Gasteiger partial charge in [0.1, 0.15) is 0 Å². The van der Waals surface area contributed by atoms with E-state index in [0.29, 0.717) is 4.68 Å². The van der Waals surface area contributed by atoms with Crippen LogP contribution in [0.5, 0.6) is 0 Å². The average Bonchev–Trinajstić information content (AvgIpc) is 2.70. The number of hydrogen-bond acceptors (Lipinski definition) is 5. The van der Waals surface area contributed by atoms with Crippen LogP contribution in [-0.2, 0) is 11.0 Å². The number of halogens is 3. The second-order valence-corrected chi connectivity index (χ2v) is 6.47. The summed E-state index contributed by atoms with van der Waals surface area (Å²) in [5.74, 6) is 3.71. The van der Waals surface area contributed by atoms with Gasteiger partial charge in [0.05, 0.1) is 5.25 Å². The van der Waals surface area contributed by atoms with E-state index in [-0.39, 0.29) is 16.6 Å². The number of rotatable bonds is 5. The maximum Gasteiger partial charge on any atom is 0.453 e. The molecule has 0 radical (unpaired) electrons. The fraction of sp³-hybridized carbons (Fsp3) is 0.727. The molecule has 0 aliphatic heterocycles. The lowest BCUT2D eigenvalue weighted by Gasteiger charge is -2.26. The summed E-state index contributed by atoms with van der Waals surface area (Å²) < 4.78 is 37.9. The van der Waals surface area contributed by atoms with E-state index in [4.69, 9.17) is 5.84 Å². The third-order valence-electron chi connectivity index (χ3n) is 2.91. The summed E-state index contributed by atoms with van der Waals surface area (Å²) in [6, 6.07) is 0. The van der Waals surface area contributed by atoms with Crippen LogP contribution in [0.4, 0.5) is 13.2 Å². The Morgan fingerprint density at radius 3 is 2.43 bits per heavy atom. The number of hydrogen-bond donors (Lipinski definition) is 2. The lowest BCUT2D eigenvalue weighted by Crippen LogP contribution is -2.46. The highest BCUT2D eigenvalue weighted by Crippen LogP contribution is 2.30. The molecule has 6 nitrogen and oxygen atoms in total. The molecule has 1 rings (SSSR count). The molecule has 1 atom stereocenters. The predicted molar refractivity (Wildman–Crippen MR) is 73.0 cm³/mol. The molecule has 0 bridgehead atoms. The Morgan fingerprint density at radius 2 is 2.00 bits per heavy atom. The second kappa shape index (κ2) is 6.12. The highest BCUT2D eigenvalue weighted by molar-refractivity contribution is 8.00. The molecule has 120 valence electrons. The van der Waals surface area contributed by atoms with Crippen molar-refractivity contribution >= 4 is 17.7 Å². The third kappa shape index (κ3) is 4.51. The number of aromatic nitrogens is 3. The number of carbonyl (C=O) groups excluding carboxylic acids is 1. The summed E-state index contributed by atoms with van der Waals surface area (Å²) in [7, 11) is 0.